The predicted molar refractivity (Wildman–Crippen MR) is 91.1 cm³/mol. The zero-order valence-corrected chi connectivity index (χ0v) is 13.8. The molecular formula is C18H17N3O4. The van der Waals surface area contributed by atoms with Crippen LogP contribution in [0, 0.1) is 13.8 Å². The Morgan fingerprint density at radius 3 is 2.64 bits per heavy atom. The van der Waals surface area contributed by atoms with E-state index in [9.17, 15) is 9.90 Å². The Labute approximate surface area is 144 Å². The third kappa shape index (κ3) is 3.77. The summed E-state index contributed by atoms with van der Waals surface area (Å²) in [7, 11) is 0. The minimum absolute atomic E-state index is 0.0803. The molecule has 2 aromatic heterocycles. The molecule has 2 heterocycles. The summed E-state index contributed by atoms with van der Waals surface area (Å²) in [5.74, 6) is 0.383. The predicted octanol–water partition coefficient (Wildman–Crippen LogP) is 3.81. The van der Waals surface area contributed by atoms with E-state index < -0.39 is 6.09 Å². The number of pyridine rings is 1. The number of ether oxygens (including phenoxy) is 1. The normalized spacial score (nSPS) is 10.5. The van der Waals surface area contributed by atoms with Gasteiger partial charge in [0.05, 0.1) is 5.69 Å². The van der Waals surface area contributed by atoms with Crippen molar-refractivity contribution in [1.82, 2.24) is 10.1 Å². The average Bonchev–Trinajstić information content (AvgIpc) is 2.97. The summed E-state index contributed by atoms with van der Waals surface area (Å²) in [5.41, 5.74) is 2.67. The van der Waals surface area contributed by atoms with Crippen LogP contribution in [0.1, 0.15) is 17.0 Å². The van der Waals surface area contributed by atoms with Crippen molar-refractivity contribution >= 4 is 11.8 Å². The van der Waals surface area contributed by atoms with E-state index in [1.165, 1.54) is 6.07 Å². The highest BCUT2D eigenvalue weighted by molar-refractivity contribution is 5.90. The van der Waals surface area contributed by atoms with Gasteiger partial charge in [-0.25, -0.2) is 9.78 Å². The molecule has 3 aromatic rings. The molecule has 0 aliphatic heterocycles. The van der Waals surface area contributed by atoms with E-state index in [1.807, 2.05) is 30.3 Å². The number of nitrogens with zero attached hydrogens (tertiary/aromatic N) is 2. The second-order valence-corrected chi connectivity index (χ2v) is 5.46. The van der Waals surface area contributed by atoms with Gasteiger partial charge in [-0.05, 0) is 31.5 Å². The van der Waals surface area contributed by atoms with E-state index >= 15 is 0 Å². The summed E-state index contributed by atoms with van der Waals surface area (Å²) < 4.78 is 10.5. The van der Waals surface area contributed by atoms with Crippen LogP contribution in [-0.4, -0.2) is 21.3 Å². The number of aryl methyl sites for hydroxylation is 2. The number of hydrogen-bond donors (Lipinski definition) is 2. The summed E-state index contributed by atoms with van der Waals surface area (Å²) in [6.07, 6.45) is -0.619. The summed E-state index contributed by atoms with van der Waals surface area (Å²) in [4.78, 5) is 16.3. The van der Waals surface area contributed by atoms with Crippen molar-refractivity contribution in [2.75, 3.05) is 5.32 Å². The number of anilines is 1. The molecule has 0 radical (unpaired) electrons. The van der Waals surface area contributed by atoms with Crippen molar-refractivity contribution in [3.63, 3.8) is 0 Å². The largest absolute Gasteiger partial charge is 0.506 e. The Balaban J connectivity index is 1.75. The molecule has 7 nitrogen and oxygen atoms in total. The van der Waals surface area contributed by atoms with Gasteiger partial charge in [0, 0.05) is 0 Å². The lowest BCUT2D eigenvalue weighted by atomic mass is 10.2. The van der Waals surface area contributed by atoms with Gasteiger partial charge in [0.25, 0.3) is 0 Å². The number of amides is 1. The van der Waals surface area contributed by atoms with E-state index in [2.05, 4.69) is 15.5 Å². The van der Waals surface area contributed by atoms with Crippen LogP contribution in [-0.2, 0) is 11.3 Å². The first kappa shape index (κ1) is 16.5. The molecule has 1 aromatic carbocycles. The van der Waals surface area contributed by atoms with E-state index in [0.29, 0.717) is 28.5 Å². The molecule has 0 saturated carbocycles. The number of benzene rings is 1. The molecule has 7 heteroatoms. The van der Waals surface area contributed by atoms with Crippen molar-refractivity contribution in [3.05, 3.63) is 59.4 Å². The van der Waals surface area contributed by atoms with Crippen LogP contribution in [0.4, 0.5) is 10.5 Å². The molecule has 2 N–H and O–H groups in total. The topological polar surface area (TPSA) is 97.5 Å². The Morgan fingerprint density at radius 2 is 1.92 bits per heavy atom. The second-order valence-electron chi connectivity index (χ2n) is 5.46. The summed E-state index contributed by atoms with van der Waals surface area (Å²) in [5, 5.41) is 16.1. The SMILES string of the molecule is Cc1nc(-c2onc(C)c2NC(=O)OCc2ccccc2)ccc1O. The second kappa shape index (κ2) is 7.04. The van der Waals surface area contributed by atoms with Gasteiger partial charge in [0.15, 0.2) is 0 Å². The number of carbonyl (C=O) groups excluding carboxylic acids is 1. The van der Waals surface area contributed by atoms with Crippen molar-refractivity contribution in [2.24, 2.45) is 0 Å². The summed E-state index contributed by atoms with van der Waals surface area (Å²) in [6.45, 7) is 3.53. The van der Waals surface area contributed by atoms with Crippen LogP contribution in [0.5, 0.6) is 5.75 Å². The van der Waals surface area contributed by atoms with Gasteiger partial charge in [0.1, 0.15) is 29.4 Å². The van der Waals surface area contributed by atoms with Crippen molar-refractivity contribution in [1.29, 1.82) is 0 Å². The van der Waals surface area contributed by atoms with Crippen molar-refractivity contribution < 1.29 is 19.2 Å². The molecule has 0 unspecified atom stereocenters. The van der Waals surface area contributed by atoms with Gasteiger partial charge in [-0.3, -0.25) is 5.32 Å². The fraction of sp³-hybridized carbons (Fsp3) is 0.167. The van der Waals surface area contributed by atoms with Crippen LogP contribution < -0.4 is 5.32 Å². The monoisotopic (exact) mass is 339 g/mol. The van der Waals surface area contributed by atoms with E-state index in [-0.39, 0.29) is 12.4 Å². The summed E-state index contributed by atoms with van der Waals surface area (Å²) >= 11 is 0. The molecule has 25 heavy (non-hydrogen) atoms. The Hall–Kier alpha value is -3.35. The van der Waals surface area contributed by atoms with E-state index in [0.717, 1.165) is 5.56 Å². The van der Waals surface area contributed by atoms with Gasteiger partial charge in [-0.1, -0.05) is 35.5 Å². The standard InChI is InChI=1S/C18H17N3O4/c1-11-15(22)9-8-14(19-11)17-16(12(2)21-25-17)20-18(23)24-10-13-6-4-3-5-7-13/h3-9,22H,10H2,1-2H3,(H,20,23). The molecule has 0 bridgehead atoms. The van der Waals surface area contributed by atoms with Crippen LogP contribution >= 0.6 is 0 Å². The first-order chi connectivity index (χ1) is 12.0. The highest BCUT2D eigenvalue weighted by atomic mass is 16.5. The van der Waals surface area contributed by atoms with Crippen LogP contribution in [0.2, 0.25) is 0 Å². The quantitative estimate of drug-likeness (QED) is 0.750. The van der Waals surface area contributed by atoms with Crippen molar-refractivity contribution in [2.45, 2.75) is 20.5 Å². The first-order valence-electron chi connectivity index (χ1n) is 7.65. The maximum Gasteiger partial charge on any atom is 0.412 e. The molecule has 0 fully saturated rings. The highest BCUT2D eigenvalue weighted by Crippen LogP contribution is 2.31. The van der Waals surface area contributed by atoms with Crippen LogP contribution in [0.3, 0.4) is 0 Å². The fourth-order valence-corrected chi connectivity index (χ4v) is 2.23. The van der Waals surface area contributed by atoms with Gasteiger partial charge in [-0.2, -0.15) is 0 Å². The molecular weight excluding hydrogens is 322 g/mol. The number of nitrogens with one attached hydrogen (secondary N) is 1. The number of aromatic hydroxyl groups is 1. The third-order valence-corrected chi connectivity index (χ3v) is 3.59. The van der Waals surface area contributed by atoms with E-state index in [4.69, 9.17) is 9.26 Å². The lowest BCUT2D eigenvalue weighted by Gasteiger charge is -2.08. The number of rotatable bonds is 4. The molecule has 0 spiro atoms. The summed E-state index contributed by atoms with van der Waals surface area (Å²) in [6, 6.07) is 12.5. The molecule has 0 atom stereocenters. The molecule has 0 aliphatic carbocycles. The molecule has 1 amide bonds. The van der Waals surface area contributed by atoms with Gasteiger partial charge >= 0.3 is 6.09 Å². The minimum atomic E-state index is -0.619. The first-order valence-corrected chi connectivity index (χ1v) is 7.65. The maximum absolute atomic E-state index is 12.1. The average molecular weight is 339 g/mol. The van der Waals surface area contributed by atoms with Crippen LogP contribution in [0.15, 0.2) is 47.0 Å². The van der Waals surface area contributed by atoms with Crippen LogP contribution in [0.25, 0.3) is 11.5 Å². The lowest BCUT2D eigenvalue weighted by Crippen LogP contribution is -2.14. The number of hydrogen-bond acceptors (Lipinski definition) is 6. The highest BCUT2D eigenvalue weighted by Gasteiger charge is 2.19. The Kier molecular flexibility index (Phi) is 4.65. The van der Waals surface area contributed by atoms with Gasteiger partial charge in [0.2, 0.25) is 5.76 Å². The molecule has 128 valence electrons. The lowest BCUT2D eigenvalue weighted by molar-refractivity contribution is 0.155. The molecule has 0 saturated heterocycles. The zero-order valence-electron chi connectivity index (χ0n) is 13.8. The molecule has 0 aliphatic rings. The van der Waals surface area contributed by atoms with Gasteiger partial charge < -0.3 is 14.4 Å². The minimum Gasteiger partial charge on any atom is -0.506 e. The Morgan fingerprint density at radius 1 is 1.16 bits per heavy atom. The molecule has 3 rings (SSSR count). The van der Waals surface area contributed by atoms with Crippen molar-refractivity contribution in [3.8, 4) is 17.2 Å². The fourth-order valence-electron chi connectivity index (χ4n) is 2.23. The Bertz CT molecular complexity index is 891. The number of aromatic nitrogens is 2. The number of carbonyl (C=O) groups is 1. The third-order valence-electron chi connectivity index (χ3n) is 3.59. The zero-order chi connectivity index (χ0) is 17.8. The smallest absolute Gasteiger partial charge is 0.412 e. The van der Waals surface area contributed by atoms with Gasteiger partial charge in [-0.15, -0.1) is 0 Å². The maximum atomic E-state index is 12.1. The van der Waals surface area contributed by atoms with E-state index in [1.54, 1.807) is 19.9 Å².